The molecule has 39 heavy (non-hydrogen) atoms. The summed E-state index contributed by atoms with van der Waals surface area (Å²) in [5, 5.41) is 9.27. The van der Waals surface area contributed by atoms with E-state index in [0.717, 1.165) is 0 Å². The fourth-order valence-electron chi connectivity index (χ4n) is 6.38. The summed E-state index contributed by atoms with van der Waals surface area (Å²) in [4.78, 5) is 31.9. The minimum atomic E-state index is -1.33. The minimum Gasteiger partial charge on any atom is -0.353 e. The average Bonchev–Trinajstić information content (AvgIpc) is 3.55. The lowest BCUT2D eigenvalue weighted by Gasteiger charge is -2.40. The first-order valence-electron chi connectivity index (χ1n) is 12.9. The highest BCUT2D eigenvalue weighted by Gasteiger charge is 2.66. The minimum absolute atomic E-state index is 0.0251. The second kappa shape index (κ2) is 10.3. The van der Waals surface area contributed by atoms with Crippen LogP contribution in [0.4, 0.5) is 14.5 Å². The summed E-state index contributed by atoms with van der Waals surface area (Å²) in [6, 6.07) is 1.34. The smallest absolute Gasteiger partial charge is 0.237 e. The molecule has 2 aromatic rings. The van der Waals surface area contributed by atoms with E-state index in [1.165, 1.54) is 18.2 Å². The second-order valence-electron chi connectivity index (χ2n) is 11.7. The number of amides is 2. The zero-order chi connectivity index (χ0) is 28.1. The van der Waals surface area contributed by atoms with Crippen LogP contribution in [0, 0.1) is 23.1 Å². The van der Waals surface area contributed by atoms with Gasteiger partial charge in [-0.25, -0.2) is 13.8 Å². The maximum atomic E-state index is 15.0. The molecule has 3 aliphatic rings. The molecule has 1 saturated heterocycles. The summed E-state index contributed by atoms with van der Waals surface area (Å²) in [6.07, 6.45) is 8.68. The van der Waals surface area contributed by atoms with Gasteiger partial charge in [-0.1, -0.05) is 50.0 Å². The Balaban J connectivity index is 1.61. The summed E-state index contributed by atoms with van der Waals surface area (Å²) < 4.78 is 31.1. The molecule has 2 amide bonds. The monoisotopic (exact) mass is 577 g/mol. The number of carbonyl (C=O) groups excluding carboxylic acids is 2. The molecule has 1 spiro atoms. The van der Waals surface area contributed by atoms with E-state index in [9.17, 15) is 18.4 Å². The van der Waals surface area contributed by atoms with Crippen LogP contribution in [-0.2, 0) is 21.5 Å². The van der Waals surface area contributed by atoms with Gasteiger partial charge in [-0.3, -0.25) is 9.59 Å². The molecule has 0 saturated carbocycles. The van der Waals surface area contributed by atoms with Crippen molar-refractivity contribution in [2.45, 2.75) is 57.7 Å². The Labute approximate surface area is 236 Å². The molecule has 5 rings (SSSR count). The van der Waals surface area contributed by atoms with E-state index >= 15 is 0 Å². The number of rotatable bonds is 6. The Morgan fingerprint density at radius 2 is 2.05 bits per heavy atom. The molecule has 0 bridgehead atoms. The predicted octanol–water partition coefficient (Wildman–Crippen LogP) is 5.07. The van der Waals surface area contributed by atoms with Crippen molar-refractivity contribution in [3.05, 3.63) is 70.3 Å². The lowest BCUT2D eigenvalue weighted by molar-refractivity contribution is -0.126. The number of hydrogen-bond donors (Lipinski definition) is 3. The Morgan fingerprint density at radius 3 is 2.72 bits per heavy atom. The molecule has 208 valence electrons. The van der Waals surface area contributed by atoms with Gasteiger partial charge in [-0.05, 0) is 47.9 Å². The van der Waals surface area contributed by atoms with Gasteiger partial charge in [0.15, 0.2) is 0 Å². The number of hydrogen-bond acceptors (Lipinski definition) is 4. The van der Waals surface area contributed by atoms with Crippen LogP contribution in [0.3, 0.4) is 0 Å². The second-order valence-corrected chi connectivity index (χ2v) is 12.6. The number of carbonyl (C=O) groups is 2. The molecule has 1 aromatic carbocycles. The van der Waals surface area contributed by atoms with Gasteiger partial charge in [0.1, 0.15) is 11.6 Å². The first kappa shape index (κ1) is 27.8. The maximum Gasteiger partial charge on any atom is 0.237 e. The van der Waals surface area contributed by atoms with Crippen molar-refractivity contribution < 1.29 is 18.4 Å². The highest BCUT2D eigenvalue weighted by Crippen LogP contribution is 2.57. The Kier molecular flexibility index (Phi) is 7.37. The number of nitrogens with zero attached hydrogens (tertiary/aromatic N) is 2. The fourth-order valence-corrected chi connectivity index (χ4v) is 6.78. The number of halogens is 4. The van der Waals surface area contributed by atoms with Gasteiger partial charge in [0.25, 0.3) is 0 Å². The standard InChI is InChI=1S/C28H31Cl2F2N5O2/c1-27(2,3)13-22-28(16-11-20(32)18(30)12-21(16)35-26(28)39)23(15-4-5-19(31)17(29)10-15)24(36-22)25(38)34-7-9-37-8-6-33-14-37/h4-6,8,11-12,14-15,22-24,36H,7,9-10,13H2,1-3H3,(H,34,38)(H,35,39)/t15?,22-,23+,24-,28+/m1/s1. The normalized spacial score (nSPS) is 28.2. The third kappa shape index (κ3) is 5.00. The number of aromatic nitrogens is 2. The molecule has 0 radical (unpaired) electrons. The number of allylic oxidation sites excluding steroid dienone is 4. The van der Waals surface area contributed by atoms with Gasteiger partial charge in [-0.2, -0.15) is 0 Å². The highest BCUT2D eigenvalue weighted by atomic mass is 35.5. The lowest BCUT2D eigenvalue weighted by atomic mass is 9.60. The quantitative estimate of drug-likeness (QED) is 0.447. The van der Waals surface area contributed by atoms with Crippen LogP contribution >= 0.6 is 23.2 Å². The average molecular weight is 578 g/mol. The van der Waals surface area contributed by atoms with Crippen LogP contribution in [0.1, 0.15) is 39.2 Å². The zero-order valence-electron chi connectivity index (χ0n) is 21.9. The molecule has 1 aromatic heterocycles. The van der Waals surface area contributed by atoms with Gasteiger partial charge in [-0.15, -0.1) is 0 Å². The Bertz CT molecular complexity index is 1350. The third-order valence-electron chi connectivity index (χ3n) is 7.90. The summed E-state index contributed by atoms with van der Waals surface area (Å²) >= 11 is 12.4. The van der Waals surface area contributed by atoms with Gasteiger partial charge >= 0.3 is 0 Å². The zero-order valence-corrected chi connectivity index (χ0v) is 23.4. The van der Waals surface area contributed by atoms with E-state index in [2.05, 4.69) is 20.9 Å². The number of benzene rings is 1. The van der Waals surface area contributed by atoms with Gasteiger partial charge in [0.2, 0.25) is 11.8 Å². The largest absolute Gasteiger partial charge is 0.353 e. The Hall–Kier alpha value is -2.75. The molecule has 11 heteroatoms. The van der Waals surface area contributed by atoms with Gasteiger partial charge in [0.05, 0.1) is 27.8 Å². The van der Waals surface area contributed by atoms with E-state index in [-0.39, 0.29) is 33.7 Å². The predicted molar refractivity (Wildman–Crippen MR) is 146 cm³/mol. The molecule has 1 unspecified atom stereocenters. The van der Waals surface area contributed by atoms with Crippen molar-refractivity contribution in [2.75, 3.05) is 11.9 Å². The van der Waals surface area contributed by atoms with E-state index in [1.54, 1.807) is 24.8 Å². The van der Waals surface area contributed by atoms with E-state index in [1.807, 2.05) is 25.3 Å². The molecule has 3 N–H and O–H groups in total. The molecule has 1 aliphatic carbocycles. The molecule has 5 atom stereocenters. The SMILES string of the molecule is CC(C)(C)C[C@H]1N[C@@H](C(=O)NCCn2ccnc2)[C@H](C2C=CC(F)=C(Cl)C2)[C@@]12C(=O)Nc1cc(Cl)c(F)cc12. The third-order valence-corrected chi connectivity index (χ3v) is 8.52. The van der Waals surface area contributed by atoms with Crippen molar-refractivity contribution in [1.82, 2.24) is 20.2 Å². The van der Waals surface area contributed by atoms with Gasteiger partial charge in [0, 0.05) is 43.1 Å². The summed E-state index contributed by atoms with van der Waals surface area (Å²) in [5.41, 5.74) is -0.733. The topological polar surface area (TPSA) is 88.1 Å². The molecule has 1 fully saturated rings. The van der Waals surface area contributed by atoms with Crippen LogP contribution in [0.5, 0.6) is 0 Å². The van der Waals surface area contributed by atoms with Crippen molar-refractivity contribution in [2.24, 2.45) is 17.3 Å². The fraction of sp³-hybridized carbons (Fsp3) is 0.464. The first-order valence-corrected chi connectivity index (χ1v) is 13.7. The summed E-state index contributed by atoms with van der Waals surface area (Å²) in [6.45, 7) is 6.97. The van der Waals surface area contributed by atoms with E-state index in [0.29, 0.717) is 30.8 Å². The van der Waals surface area contributed by atoms with Crippen molar-refractivity contribution in [3.8, 4) is 0 Å². The number of anilines is 1. The van der Waals surface area contributed by atoms with Crippen molar-refractivity contribution >= 4 is 40.7 Å². The molecule has 2 aliphatic heterocycles. The van der Waals surface area contributed by atoms with E-state index < -0.39 is 41.0 Å². The number of fused-ring (bicyclic) bond motifs is 2. The van der Waals surface area contributed by atoms with E-state index in [4.69, 9.17) is 23.2 Å². The number of imidazole rings is 1. The molecular formula is C28H31Cl2F2N5O2. The molecule has 7 nitrogen and oxygen atoms in total. The Morgan fingerprint density at radius 1 is 1.28 bits per heavy atom. The number of nitrogens with one attached hydrogen (secondary N) is 3. The van der Waals surface area contributed by atoms with Crippen LogP contribution < -0.4 is 16.0 Å². The lowest BCUT2D eigenvalue weighted by Crippen LogP contribution is -2.52. The summed E-state index contributed by atoms with van der Waals surface area (Å²) in [5.74, 6) is -3.02. The van der Waals surface area contributed by atoms with Crippen molar-refractivity contribution in [3.63, 3.8) is 0 Å². The molecule has 3 heterocycles. The van der Waals surface area contributed by atoms with Crippen LogP contribution in [-0.4, -0.2) is 40.0 Å². The van der Waals surface area contributed by atoms with Gasteiger partial charge < -0.3 is 20.5 Å². The van der Waals surface area contributed by atoms with Crippen LogP contribution in [0.15, 0.2) is 53.9 Å². The van der Waals surface area contributed by atoms with Crippen LogP contribution in [0.2, 0.25) is 5.02 Å². The van der Waals surface area contributed by atoms with Crippen LogP contribution in [0.25, 0.3) is 0 Å². The maximum absolute atomic E-state index is 15.0. The molecular weight excluding hydrogens is 547 g/mol. The highest BCUT2D eigenvalue weighted by molar-refractivity contribution is 6.31. The summed E-state index contributed by atoms with van der Waals surface area (Å²) in [7, 11) is 0. The van der Waals surface area contributed by atoms with Crippen molar-refractivity contribution in [1.29, 1.82) is 0 Å². The first-order chi connectivity index (χ1) is 18.4.